The van der Waals surface area contributed by atoms with Crippen molar-refractivity contribution in [2.45, 2.75) is 6.54 Å². The minimum atomic E-state index is -0.465. The summed E-state index contributed by atoms with van der Waals surface area (Å²) in [5.74, 6) is -0.830. The van der Waals surface area contributed by atoms with Crippen molar-refractivity contribution in [3.63, 3.8) is 0 Å². The summed E-state index contributed by atoms with van der Waals surface area (Å²) in [6.45, 7) is 0.414. The molecule has 108 valence electrons. The Labute approximate surface area is 137 Å². The van der Waals surface area contributed by atoms with Gasteiger partial charge >= 0.3 is 0 Å². The molecule has 1 aromatic heterocycles. The molecule has 0 atom stereocenters. The number of aromatic amines is 1. The number of nitrogens with one attached hydrogen (secondary N) is 1. The highest BCUT2D eigenvalue weighted by Crippen LogP contribution is 2.24. The molecule has 21 heavy (non-hydrogen) atoms. The van der Waals surface area contributed by atoms with Gasteiger partial charge in [-0.3, -0.25) is 0 Å². The maximum atomic E-state index is 13.5. The van der Waals surface area contributed by atoms with E-state index in [0.29, 0.717) is 21.3 Å². The molecule has 0 unspecified atom stereocenters. The minimum absolute atomic E-state index is 0.0612. The maximum Gasteiger partial charge on any atom is 0.178 e. The molecule has 2 nitrogen and oxygen atoms in total. The summed E-state index contributed by atoms with van der Waals surface area (Å²) in [4.78, 5) is 2.95. The fraction of sp³-hybridized carbons (Fsp3) is 0.0714. The third-order valence-electron chi connectivity index (χ3n) is 3.14. The van der Waals surface area contributed by atoms with Crippen molar-refractivity contribution in [2.75, 3.05) is 0 Å². The quantitative estimate of drug-likeness (QED) is 0.579. The van der Waals surface area contributed by atoms with E-state index in [-0.39, 0.29) is 10.8 Å². The van der Waals surface area contributed by atoms with Gasteiger partial charge < -0.3 is 9.55 Å². The van der Waals surface area contributed by atoms with Gasteiger partial charge in [-0.25, -0.2) is 8.78 Å². The van der Waals surface area contributed by atoms with Crippen LogP contribution in [0.25, 0.3) is 11.0 Å². The highest BCUT2D eigenvalue weighted by Gasteiger charge is 2.10. The van der Waals surface area contributed by atoms with Gasteiger partial charge in [0.15, 0.2) is 4.77 Å². The Balaban J connectivity index is 2.11. The van der Waals surface area contributed by atoms with Crippen molar-refractivity contribution in [2.24, 2.45) is 0 Å². The van der Waals surface area contributed by atoms with E-state index < -0.39 is 5.82 Å². The Kier molecular flexibility index (Phi) is 3.86. The van der Waals surface area contributed by atoms with E-state index in [1.54, 1.807) is 22.8 Å². The molecule has 0 spiro atoms. The fourth-order valence-electron chi connectivity index (χ4n) is 2.13. The first kappa shape index (κ1) is 14.7. The second-order valence-electron chi connectivity index (χ2n) is 4.55. The lowest BCUT2D eigenvalue weighted by Gasteiger charge is -2.06. The van der Waals surface area contributed by atoms with Gasteiger partial charge in [-0.15, -0.1) is 0 Å². The Morgan fingerprint density at radius 2 is 1.95 bits per heavy atom. The highest BCUT2D eigenvalue weighted by molar-refractivity contribution is 9.10. The van der Waals surface area contributed by atoms with Crippen LogP contribution in [0, 0.1) is 16.4 Å². The topological polar surface area (TPSA) is 20.7 Å². The zero-order chi connectivity index (χ0) is 15.1. The molecule has 7 heteroatoms. The zero-order valence-electron chi connectivity index (χ0n) is 10.5. The summed E-state index contributed by atoms with van der Waals surface area (Å²) in [6.07, 6.45) is 0. The molecule has 0 saturated carbocycles. The van der Waals surface area contributed by atoms with Gasteiger partial charge in [0, 0.05) is 6.07 Å². The smallest absolute Gasteiger partial charge is 0.178 e. The van der Waals surface area contributed by atoms with E-state index in [4.69, 9.17) is 23.8 Å². The number of nitrogens with zero attached hydrogens (tertiary/aromatic N) is 1. The second kappa shape index (κ2) is 5.51. The summed E-state index contributed by atoms with van der Waals surface area (Å²) in [6, 6.07) is 7.54. The Morgan fingerprint density at radius 1 is 1.19 bits per heavy atom. The number of benzene rings is 2. The molecule has 1 N–H and O–H groups in total. The molecule has 2 aromatic carbocycles. The molecular weight excluding hydrogens is 382 g/mol. The van der Waals surface area contributed by atoms with Crippen LogP contribution >= 0.6 is 39.7 Å². The van der Waals surface area contributed by atoms with Crippen molar-refractivity contribution < 1.29 is 8.78 Å². The molecular formula is C14H8BrClF2N2S. The predicted molar refractivity (Wildman–Crippen MR) is 85.3 cm³/mol. The first-order valence-corrected chi connectivity index (χ1v) is 7.55. The number of H-pyrrole nitrogens is 1. The van der Waals surface area contributed by atoms with E-state index in [1.807, 2.05) is 0 Å². The van der Waals surface area contributed by atoms with Crippen molar-refractivity contribution in [1.82, 2.24) is 9.55 Å². The van der Waals surface area contributed by atoms with Crippen LogP contribution in [0.4, 0.5) is 8.78 Å². The molecule has 1 heterocycles. The Morgan fingerprint density at radius 3 is 2.67 bits per heavy atom. The largest absolute Gasteiger partial charge is 0.330 e. The molecule has 0 bridgehead atoms. The average molecular weight is 390 g/mol. The van der Waals surface area contributed by atoms with Crippen molar-refractivity contribution in [3.05, 3.63) is 61.8 Å². The number of hydrogen-bond acceptors (Lipinski definition) is 1. The lowest BCUT2D eigenvalue weighted by Crippen LogP contribution is -2.00. The summed E-state index contributed by atoms with van der Waals surface area (Å²) in [5.41, 5.74) is 2.17. The highest BCUT2D eigenvalue weighted by atomic mass is 79.9. The first-order chi connectivity index (χ1) is 9.95. The fourth-order valence-corrected chi connectivity index (χ4v) is 2.94. The number of imidazole rings is 1. The first-order valence-electron chi connectivity index (χ1n) is 5.97. The van der Waals surface area contributed by atoms with Gasteiger partial charge in [-0.1, -0.05) is 17.7 Å². The number of hydrogen-bond donors (Lipinski definition) is 1. The molecule has 3 aromatic rings. The number of rotatable bonds is 2. The summed E-state index contributed by atoms with van der Waals surface area (Å²) < 4.78 is 29.4. The Hall–Kier alpha value is -1.24. The predicted octanol–water partition coefficient (Wildman–Crippen LogP) is 5.44. The van der Waals surface area contributed by atoms with Crippen LogP contribution < -0.4 is 0 Å². The van der Waals surface area contributed by atoms with Crippen LogP contribution in [0.1, 0.15) is 5.56 Å². The monoisotopic (exact) mass is 388 g/mol. The average Bonchev–Trinajstić information content (AvgIpc) is 2.71. The van der Waals surface area contributed by atoms with E-state index in [1.165, 1.54) is 12.1 Å². The number of fused-ring (bicyclic) bond motifs is 1. The zero-order valence-corrected chi connectivity index (χ0v) is 13.6. The van der Waals surface area contributed by atoms with Gasteiger partial charge in [0.25, 0.3) is 0 Å². The molecule has 0 radical (unpaired) electrons. The van der Waals surface area contributed by atoms with Crippen LogP contribution in [0.3, 0.4) is 0 Å². The van der Waals surface area contributed by atoms with E-state index in [9.17, 15) is 8.78 Å². The van der Waals surface area contributed by atoms with Gasteiger partial charge in [0.05, 0.1) is 27.1 Å². The molecule has 0 amide bonds. The maximum absolute atomic E-state index is 13.5. The lowest BCUT2D eigenvalue weighted by atomic mass is 10.2. The van der Waals surface area contributed by atoms with Crippen molar-refractivity contribution in [1.29, 1.82) is 0 Å². The van der Waals surface area contributed by atoms with Crippen LogP contribution in [-0.2, 0) is 6.54 Å². The molecule has 0 fully saturated rings. The number of halogens is 4. The molecule has 0 saturated heterocycles. The molecule has 0 aliphatic rings. The molecule has 0 aliphatic heterocycles. The van der Waals surface area contributed by atoms with Crippen LogP contribution in [0.2, 0.25) is 5.02 Å². The van der Waals surface area contributed by atoms with Gasteiger partial charge in [-0.05, 0) is 51.9 Å². The molecule has 0 aliphatic carbocycles. The molecule has 3 rings (SSSR count). The SMILES string of the molecule is Fc1ccc(Cn2c(=S)[nH]c3cc(F)c(Br)cc32)cc1Cl. The second-order valence-corrected chi connectivity index (χ2v) is 6.20. The van der Waals surface area contributed by atoms with E-state index in [0.717, 1.165) is 11.1 Å². The van der Waals surface area contributed by atoms with Gasteiger partial charge in [-0.2, -0.15) is 0 Å². The standard InChI is InChI=1S/C14H8BrClF2N2S/c15-8-4-13-12(5-11(8)18)19-14(21)20(13)6-7-1-2-10(17)9(16)3-7/h1-5H,6H2,(H,19,21). The normalized spacial score (nSPS) is 11.2. The Bertz CT molecular complexity index is 904. The summed E-state index contributed by atoms with van der Waals surface area (Å²) in [5, 5.41) is 0.0612. The third kappa shape index (κ3) is 2.75. The summed E-state index contributed by atoms with van der Waals surface area (Å²) >= 11 is 14.2. The van der Waals surface area contributed by atoms with Gasteiger partial charge in [0.1, 0.15) is 11.6 Å². The van der Waals surface area contributed by atoms with E-state index in [2.05, 4.69) is 20.9 Å². The van der Waals surface area contributed by atoms with Crippen LogP contribution in [-0.4, -0.2) is 9.55 Å². The third-order valence-corrected chi connectivity index (χ3v) is 4.36. The van der Waals surface area contributed by atoms with Crippen LogP contribution in [0.5, 0.6) is 0 Å². The van der Waals surface area contributed by atoms with Crippen molar-refractivity contribution >= 4 is 50.8 Å². The van der Waals surface area contributed by atoms with Gasteiger partial charge in [0.2, 0.25) is 0 Å². The van der Waals surface area contributed by atoms with Crippen molar-refractivity contribution in [3.8, 4) is 0 Å². The number of aromatic nitrogens is 2. The minimum Gasteiger partial charge on any atom is -0.330 e. The van der Waals surface area contributed by atoms with E-state index >= 15 is 0 Å². The van der Waals surface area contributed by atoms with Crippen LogP contribution in [0.15, 0.2) is 34.8 Å². The lowest BCUT2D eigenvalue weighted by molar-refractivity contribution is 0.622. The summed E-state index contributed by atoms with van der Waals surface area (Å²) in [7, 11) is 0.